The Hall–Kier alpha value is -2.71. The average molecular weight is 486 g/mol. The number of thiocarbonyl (C=S) groups is 1. The van der Waals surface area contributed by atoms with Crippen molar-refractivity contribution in [2.75, 3.05) is 44.2 Å². The molecule has 3 rings (SSSR count). The van der Waals surface area contributed by atoms with E-state index in [0.29, 0.717) is 18.9 Å². The summed E-state index contributed by atoms with van der Waals surface area (Å²) >= 11 is 5.25. The molecule has 0 bridgehead atoms. The van der Waals surface area contributed by atoms with Crippen LogP contribution in [0.4, 0.5) is 10.1 Å². The minimum atomic E-state index is -0.262. The van der Waals surface area contributed by atoms with Gasteiger partial charge in [-0.05, 0) is 81.8 Å². The predicted octanol–water partition coefficient (Wildman–Crippen LogP) is 4.62. The van der Waals surface area contributed by atoms with Gasteiger partial charge in [-0.1, -0.05) is 18.6 Å². The summed E-state index contributed by atoms with van der Waals surface area (Å²) in [5, 5.41) is 6.52. The number of anilines is 1. The summed E-state index contributed by atoms with van der Waals surface area (Å²) in [5.74, 6) is 0.443. The van der Waals surface area contributed by atoms with E-state index in [1.54, 1.807) is 23.4 Å². The molecule has 184 valence electrons. The van der Waals surface area contributed by atoms with Crippen LogP contribution in [0.25, 0.3) is 0 Å². The molecule has 0 saturated carbocycles. The lowest BCUT2D eigenvalue weighted by atomic mass is 10.1. The number of piperidine rings is 1. The molecule has 8 heteroatoms. The van der Waals surface area contributed by atoms with Crippen LogP contribution in [-0.2, 0) is 6.61 Å². The fraction of sp³-hybridized carbons (Fsp3) is 0.462. The minimum Gasteiger partial charge on any atom is -0.488 e. The number of nitrogens with zero attached hydrogens (tertiary/aromatic N) is 4. The second-order valence-electron chi connectivity index (χ2n) is 8.42. The molecule has 1 aliphatic heterocycles. The highest BCUT2D eigenvalue weighted by Gasteiger charge is 2.13. The van der Waals surface area contributed by atoms with E-state index < -0.39 is 0 Å². The lowest BCUT2D eigenvalue weighted by Gasteiger charge is -2.28. The third-order valence-electron chi connectivity index (χ3n) is 6.10. The zero-order valence-corrected chi connectivity index (χ0v) is 21.1. The predicted molar refractivity (Wildman–Crippen MR) is 142 cm³/mol. The maximum atomic E-state index is 13.3. The molecule has 0 aromatic heterocycles. The number of hydrazone groups is 1. The average Bonchev–Trinajstić information content (AvgIpc) is 2.85. The van der Waals surface area contributed by atoms with Gasteiger partial charge in [-0.2, -0.15) is 5.10 Å². The van der Waals surface area contributed by atoms with Crippen molar-refractivity contribution < 1.29 is 9.13 Å². The van der Waals surface area contributed by atoms with E-state index in [1.807, 2.05) is 12.1 Å². The van der Waals surface area contributed by atoms with Gasteiger partial charge in [-0.15, -0.1) is 0 Å². The fourth-order valence-corrected chi connectivity index (χ4v) is 4.20. The van der Waals surface area contributed by atoms with Crippen LogP contribution in [0.2, 0.25) is 0 Å². The van der Waals surface area contributed by atoms with Gasteiger partial charge in [-0.3, -0.25) is 0 Å². The van der Waals surface area contributed by atoms with E-state index in [2.05, 4.69) is 34.8 Å². The number of likely N-dealkylation sites (tertiary alicyclic amines) is 1. The number of hydrogen-bond acceptors (Lipinski definition) is 5. The molecule has 1 saturated heterocycles. The van der Waals surface area contributed by atoms with Crippen LogP contribution in [0.3, 0.4) is 0 Å². The topological polar surface area (TPSA) is 57.3 Å². The molecule has 0 radical (unpaired) electrons. The number of rotatable bonds is 11. The molecule has 6 nitrogen and oxygen atoms in total. The molecular weight excluding hydrogens is 449 g/mol. The summed E-state index contributed by atoms with van der Waals surface area (Å²) in [4.78, 5) is 4.69. The van der Waals surface area contributed by atoms with Gasteiger partial charge in [0.05, 0.1) is 12.8 Å². The van der Waals surface area contributed by atoms with Crippen LogP contribution in [0.1, 0.15) is 44.2 Å². The molecule has 1 aliphatic rings. The molecule has 2 aromatic carbocycles. The fourth-order valence-electron chi connectivity index (χ4n) is 4.06. The van der Waals surface area contributed by atoms with E-state index in [4.69, 9.17) is 22.7 Å². The van der Waals surface area contributed by atoms with E-state index in [1.165, 1.54) is 31.4 Å². The molecular formula is C26H36FN5OS. The highest BCUT2D eigenvalue weighted by molar-refractivity contribution is 7.80. The maximum Gasteiger partial charge on any atom is 0.187 e. The second kappa shape index (κ2) is 13.2. The van der Waals surface area contributed by atoms with Crippen molar-refractivity contribution >= 4 is 29.2 Å². The molecule has 1 heterocycles. The highest BCUT2D eigenvalue weighted by atomic mass is 32.1. The molecule has 2 aromatic rings. The number of benzene rings is 2. The number of ether oxygens (including phenoxy) is 1. The van der Waals surface area contributed by atoms with E-state index in [9.17, 15) is 4.39 Å². The Balaban J connectivity index is 1.76. The SMILES string of the molecule is CCN(CC)c1ccc(/C=N/N(CCN2CCCCC2)C(N)=S)c(OCc2ccc(F)cc2)c1. The first kappa shape index (κ1) is 25.9. The Kier molecular flexibility index (Phi) is 10.1. The Bertz CT molecular complexity index is 943. The molecule has 0 spiro atoms. The molecule has 1 fully saturated rings. The quantitative estimate of drug-likeness (QED) is 0.285. The molecule has 0 unspecified atom stereocenters. The summed E-state index contributed by atoms with van der Waals surface area (Å²) in [6.45, 7) is 10.1. The van der Waals surface area contributed by atoms with Crippen molar-refractivity contribution in [3.63, 3.8) is 0 Å². The van der Waals surface area contributed by atoms with Crippen molar-refractivity contribution in [3.8, 4) is 5.75 Å². The Labute approximate surface area is 208 Å². The van der Waals surface area contributed by atoms with Crippen LogP contribution < -0.4 is 15.4 Å². The van der Waals surface area contributed by atoms with E-state index in [0.717, 1.165) is 49.5 Å². The lowest BCUT2D eigenvalue weighted by molar-refractivity contribution is 0.212. The van der Waals surface area contributed by atoms with Gasteiger partial charge in [0.15, 0.2) is 5.11 Å². The lowest BCUT2D eigenvalue weighted by Crippen LogP contribution is -2.40. The van der Waals surface area contributed by atoms with E-state index in [-0.39, 0.29) is 10.9 Å². The van der Waals surface area contributed by atoms with Gasteiger partial charge >= 0.3 is 0 Å². The van der Waals surface area contributed by atoms with Crippen molar-refractivity contribution in [2.45, 2.75) is 39.7 Å². The molecule has 34 heavy (non-hydrogen) atoms. The molecule has 0 amide bonds. The monoisotopic (exact) mass is 485 g/mol. The van der Waals surface area contributed by atoms with Gasteiger partial charge in [0.25, 0.3) is 0 Å². The van der Waals surface area contributed by atoms with Crippen LogP contribution in [0, 0.1) is 5.82 Å². The molecule has 0 aliphatic carbocycles. The number of nitrogens with two attached hydrogens (primary N) is 1. The van der Waals surface area contributed by atoms with Crippen LogP contribution in [-0.4, -0.2) is 60.5 Å². The summed E-state index contributed by atoms with van der Waals surface area (Å²) in [5.41, 5.74) is 8.76. The van der Waals surface area contributed by atoms with Crippen LogP contribution in [0.5, 0.6) is 5.75 Å². The van der Waals surface area contributed by atoms with Gasteiger partial charge in [0.2, 0.25) is 0 Å². The largest absolute Gasteiger partial charge is 0.488 e. The third kappa shape index (κ3) is 7.67. The first-order valence-electron chi connectivity index (χ1n) is 12.1. The molecule has 2 N–H and O–H groups in total. The summed E-state index contributed by atoms with van der Waals surface area (Å²) in [7, 11) is 0. The third-order valence-corrected chi connectivity index (χ3v) is 6.31. The van der Waals surface area contributed by atoms with Crippen molar-refractivity contribution in [2.24, 2.45) is 10.8 Å². The highest BCUT2D eigenvalue weighted by Crippen LogP contribution is 2.26. The van der Waals surface area contributed by atoms with Crippen molar-refractivity contribution in [1.29, 1.82) is 0 Å². The Morgan fingerprint density at radius 3 is 2.47 bits per heavy atom. The normalized spacial score (nSPS) is 14.3. The summed E-state index contributed by atoms with van der Waals surface area (Å²) in [6.07, 6.45) is 5.53. The van der Waals surface area contributed by atoms with Gasteiger partial charge in [0.1, 0.15) is 18.2 Å². The zero-order chi connectivity index (χ0) is 24.3. The van der Waals surface area contributed by atoms with Gasteiger partial charge in [0, 0.05) is 37.0 Å². The zero-order valence-electron chi connectivity index (χ0n) is 20.3. The van der Waals surface area contributed by atoms with E-state index >= 15 is 0 Å². The maximum absolute atomic E-state index is 13.3. The van der Waals surface area contributed by atoms with Crippen LogP contribution >= 0.6 is 12.2 Å². The Morgan fingerprint density at radius 2 is 1.82 bits per heavy atom. The minimum absolute atomic E-state index is 0.252. The van der Waals surface area contributed by atoms with Crippen molar-refractivity contribution in [3.05, 3.63) is 59.4 Å². The Morgan fingerprint density at radius 1 is 1.12 bits per heavy atom. The second-order valence-corrected chi connectivity index (χ2v) is 8.84. The smallest absolute Gasteiger partial charge is 0.187 e. The molecule has 0 atom stereocenters. The standard InChI is InChI=1S/C26H36FN5OS/c1-3-31(4-2)24-13-10-22(25(18-24)33-20-21-8-11-23(27)12-9-21)19-29-32(26(28)34)17-16-30-14-6-5-7-15-30/h8-13,18-19H,3-7,14-17,20H2,1-2H3,(H2,28,34)/b29-19+. The van der Waals surface area contributed by atoms with Crippen molar-refractivity contribution in [1.82, 2.24) is 9.91 Å². The van der Waals surface area contributed by atoms with Gasteiger partial charge < -0.3 is 20.3 Å². The summed E-state index contributed by atoms with van der Waals surface area (Å²) in [6, 6.07) is 12.4. The van der Waals surface area contributed by atoms with Crippen LogP contribution in [0.15, 0.2) is 47.6 Å². The first-order chi connectivity index (χ1) is 16.5. The number of halogens is 1. The number of hydrogen-bond donors (Lipinski definition) is 1. The summed E-state index contributed by atoms with van der Waals surface area (Å²) < 4.78 is 19.4. The van der Waals surface area contributed by atoms with Gasteiger partial charge in [-0.25, -0.2) is 9.40 Å². The first-order valence-corrected chi connectivity index (χ1v) is 12.5.